The summed E-state index contributed by atoms with van der Waals surface area (Å²) in [7, 11) is 0. The number of rotatable bonds is 5. The molecule has 1 atom stereocenters. The van der Waals surface area contributed by atoms with Crippen molar-refractivity contribution in [3.05, 3.63) is 64.7 Å². The van der Waals surface area contributed by atoms with Gasteiger partial charge in [-0.05, 0) is 54.7 Å². The first-order valence-corrected chi connectivity index (χ1v) is 12.4. The first-order chi connectivity index (χ1) is 18.7. The number of nitrogens with one attached hydrogen (secondary N) is 2. The van der Waals surface area contributed by atoms with Gasteiger partial charge in [0.05, 0.1) is 11.1 Å². The highest BCUT2D eigenvalue weighted by molar-refractivity contribution is 5.91. The predicted molar refractivity (Wildman–Crippen MR) is 131 cm³/mol. The molecule has 2 aromatic rings. The van der Waals surface area contributed by atoms with Gasteiger partial charge in [-0.1, -0.05) is 18.2 Å². The summed E-state index contributed by atoms with van der Waals surface area (Å²) in [4.78, 5) is 40.4. The van der Waals surface area contributed by atoms with Crippen molar-refractivity contribution in [2.24, 2.45) is 0 Å². The first kappa shape index (κ1) is 29.0. The Kier molecular flexibility index (Phi) is 8.17. The lowest BCUT2D eigenvalue weighted by Crippen LogP contribution is -2.54. The molecular formula is C26H26F6N4O4. The van der Waals surface area contributed by atoms with Gasteiger partial charge in [0, 0.05) is 37.8 Å². The number of anilines is 1. The fourth-order valence-electron chi connectivity index (χ4n) is 4.93. The second-order valence-corrected chi connectivity index (χ2v) is 9.71. The Bertz CT molecular complexity index is 1240. The Labute approximate surface area is 224 Å². The van der Waals surface area contributed by atoms with Crippen molar-refractivity contribution in [2.45, 2.75) is 50.1 Å². The molecule has 4 amide bonds. The summed E-state index contributed by atoms with van der Waals surface area (Å²) >= 11 is 0. The van der Waals surface area contributed by atoms with E-state index >= 15 is 0 Å². The third kappa shape index (κ3) is 6.77. The van der Waals surface area contributed by atoms with Crippen LogP contribution in [0.15, 0.2) is 42.5 Å². The molecule has 8 nitrogen and oxygen atoms in total. The van der Waals surface area contributed by atoms with Crippen LogP contribution in [0.1, 0.15) is 35.1 Å². The maximum Gasteiger partial charge on any atom is 0.416 e. The number of carboxylic acids is 1. The SMILES string of the molecule is O=C(O)C(Cc1cc(C(F)(F)F)cc(C(F)(F)F)c1)NC(=O)N1CCC(N2CCc3ccccc3NC2=O)CC1. The van der Waals surface area contributed by atoms with Gasteiger partial charge >= 0.3 is 30.4 Å². The fraction of sp³-hybridized carbons (Fsp3) is 0.423. The van der Waals surface area contributed by atoms with Crippen molar-refractivity contribution >= 4 is 23.7 Å². The lowest BCUT2D eigenvalue weighted by Gasteiger charge is -2.38. The average Bonchev–Trinajstić information content (AvgIpc) is 3.05. The largest absolute Gasteiger partial charge is 0.480 e. The molecule has 3 N–H and O–H groups in total. The molecule has 1 saturated heterocycles. The summed E-state index contributed by atoms with van der Waals surface area (Å²) in [6.07, 6.45) is -9.53. The van der Waals surface area contributed by atoms with Crippen LogP contribution in [-0.4, -0.2) is 64.7 Å². The van der Waals surface area contributed by atoms with Crippen molar-refractivity contribution in [3.63, 3.8) is 0 Å². The number of amides is 4. The van der Waals surface area contributed by atoms with Gasteiger partial charge in [0.1, 0.15) is 6.04 Å². The summed E-state index contributed by atoms with van der Waals surface area (Å²) in [5.74, 6) is -1.62. The molecule has 2 aromatic carbocycles. The number of aliphatic carboxylic acids is 1. The van der Waals surface area contributed by atoms with Gasteiger partial charge < -0.3 is 25.5 Å². The van der Waals surface area contributed by atoms with E-state index in [1.807, 2.05) is 24.3 Å². The number of piperidine rings is 1. The van der Waals surface area contributed by atoms with E-state index in [9.17, 15) is 45.8 Å². The van der Waals surface area contributed by atoms with Gasteiger partial charge in [-0.25, -0.2) is 14.4 Å². The molecule has 216 valence electrons. The second-order valence-electron chi connectivity index (χ2n) is 9.71. The van der Waals surface area contributed by atoms with Crippen LogP contribution >= 0.6 is 0 Å². The number of para-hydroxylation sites is 1. The Morgan fingerprint density at radius 2 is 1.57 bits per heavy atom. The molecule has 14 heteroatoms. The van der Waals surface area contributed by atoms with E-state index in [1.54, 1.807) is 4.90 Å². The van der Waals surface area contributed by atoms with Crippen LogP contribution in [0.2, 0.25) is 0 Å². The Balaban J connectivity index is 1.39. The number of likely N-dealkylation sites (tertiary alicyclic amines) is 1. The van der Waals surface area contributed by atoms with Crippen LogP contribution in [-0.2, 0) is 30.0 Å². The molecule has 4 rings (SSSR count). The molecule has 1 unspecified atom stereocenters. The second kappa shape index (κ2) is 11.3. The third-order valence-electron chi connectivity index (χ3n) is 7.02. The Hall–Kier alpha value is -3.97. The van der Waals surface area contributed by atoms with Gasteiger partial charge in [-0.15, -0.1) is 0 Å². The number of urea groups is 2. The predicted octanol–water partition coefficient (Wildman–Crippen LogP) is 4.98. The normalized spacial score (nSPS) is 17.5. The standard InChI is InChI=1S/C26H26F6N4O4/c27-25(28,29)17-11-15(12-18(14-17)26(30,31)32)13-21(22(37)38)34-23(39)35-8-6-19(7-9-35)36-10-5-16-3-1-2-4-20(16)33-24(36)40/h1-4,11-12,14,19,21H,5-10,13H2,(H,33,40)(H,34,39)(H,37,38). The van der Waals surface area contributed by atoms with Crippen LogP contribution in [0.5, 0.6) is 0 Å². The zero-order chi connectivity index (χ0) is 29.2. The minimum absolute atomic E-state index is 0.0503. The molecule has 1 fully saturated rings. The quantitative estimate of drug-likeness (QED) is 0.440. The number of carboxylic acid groups (broad SMARTS) is 1. The number of hydrogen-bond acceptors (Lipinski definition) is 3. The van der Waals surface area contributed by atoms with Gasteiger partial charge in [0.2, 0.25) is 0 Å². The Morgan fingerprint density at radius 3 is 2.15 bits per heavy atom. The highest BCUT2D eigenvalue weighted by atomic mass is 19.4. The van der Waals surface area contributed by atoms with Crippen molar-refractivity contribution in [1.82, 2.24) is 15.1 Å². The molecule has 0 radical (unpaired) electrons. The maximum atomic E-state index is 13.2. The van der Waals surface area contributed by atoms with E-state index in [1.165, 1.54) is 4.90 Å². The van der Waals surface area contributed by atoms with Crippen LogP contribution in [0, 0.1) is 0 Å². The topological polar surface area (TPSA) is 102 Å². The number of hydrogen-bond donors (Lipinski definition) is 3. The number of carbonyl (C=O) groups excluding carboxylic acids is 2. The maximum absolute atomic E-state index is 13.2. The van der Waals surface area contributed by atoms with Gasteiger partial charge in [0.25, 0.3) is 0 Å². The lowest BCUT2D eigenvalue weighted by molar-refractivity contribution is -0.143. The van der Waals surface area contributed by atoms with Crippen LogP contribution in [0.25, 0.3) is 0 Å². The zero-order valence-corrected chi connectivity index (χ0v) is 21.0. The fourth-order valence-corrected chi connectivity index (χ4v) is 4.93. The molecule has 0 aromatic heterocycles. The molecule has 0 saturated carbocycles. The van der Waals surface area contributed by atoms with Gasteiger partial charge in [0.15, 0.2) is 0 Å². The Morgan fingerprint density at radius 1 is 0.975 bits per heavy atom. The monoisotopic (exact) mass is 572 g/mol. The number of halogens is 6. The highest BCUT2D eigenvalue weighted by Gasteiger charge is 2.38. The van der Waals surface area contributed by atoms with Crippen molar-refractivity contribution < 1.29 is 45.8 Å². The summed E-state index contributed by atoms with van der Waals surface area (Å²) < 4.78 is 79.1. The minimum Gasteiger partial charge on any atom is -0.480 e. The lowest BCUT2D eigenvalue weighted by atomic mass is 9.99. The number of fused-ring (bicyclic) bond motifs is 1. The summed E-state index contributed by atoms with van der Waals surface area (Å²) in [5, 5.41) is 14.6. The minimum atomic E-state index is -5.09. The zero-order valence-electron chi connectivity index (χ0n) is 21.0. The van der Waals surface area contributed by atoms with Crippen molar-refractivity contribution in [3.8, 4) is 0 Å². The molecule has 40 heavy (non-hydrogen) atoms. The van der Waals surface area contributed by atoms with Crippen LogP contribution in [0.3, 0.4) is 0 Å². The van der Waals surface area contributed by atoms with Gasteiger partial charge in [-0.3, -0.25) is 0 Å². The van der Waals surface area contributed by atoms with Crippen molar-refractivity contribution in [1.29, 1.82) is 0 Å². The number of alkyl halides is 6. The number of benzene rings is 2. The summed E-state index contributed by atoms with van der Waals surface area (Å²) in [6, 6.07) is 5.22. The molecule has 2 aliphatic rings. The first-order valence-electron chi connectivity index (χ1n) is 12.4. The smallest absolute Gasteiger partial charge is 0.416 e. The van der Waals surface area contributed by atoms with E-state index < -0.39 is 53.5 Å². The van der Waals surface area contributed by atoms with E-state index in [0.717, 1.165) is 11.3 Å². The van der Waals surface area contributed by atoms with E-state index in [2.05, 4.69) is 10.6 Å². The van der Waals surface area contributed by atoms with Crippen LogP contribution < -0.4 is 10.6 Å². The molecular weight excluding hydrogens is 546 g/mol. The summed E-state index contributed by atoms with van der Waals surface area (Å²) in [5.41, 5.74) is -1.96. The number of carbonyl (C=O) groups is 3. The van der Waals surface area contributed by atoms with Crippen LogP contribution in [0.4, 0.5) is 41.6 Å². The van der Waals surface area contributed by atoms with E-state index in [0.29, 0.717) is 37.9 Å². The molecule has 0 bridgehead atoms. The molecule has 0 aliphatic carbocycles. The third-order valence-corrected chi connectivity index (χ3v) is 7.02. The van der Waals surface area contributed by atoms with Crippen molar-refractivity contribution in [2.75, 3.05) is 25.0 Å². The summed E-state index contributed by atoms with van der Waals surface area (Å²) in [6.45, 7) is 0.806. The number of nitrogens with zero attached hydrogens (tertiary/aromatic N) is 2. The molecule has 2 aliphatic heterocycles. The van der Waals surface area contributed by atoms with Gasteiger partial charge in [-0.2, -0.15) is 26.3 Å². The average molecular weight is 573 g/mol. The molecule has 2 heterocycles. The highest BCUT2D eigenvalue weighted by Crippen LogP contribution is 2.36. The molecule has 0 spiro atoms. The van der Waals surface area contributed by atoms with E-state index in [4.69, 9.17) is 0 Å². The van der Waals surface area contributed by atoms with E-state index in [-0.39, 0.29) is 31.2 Å².